The van der Waals surface area contributed by atoms with Gasteiger partial charge in [0.2, 0.25) is 0 Å². The second-order valence-electron chi connectivity index (χ2n) is 4.33. The molecule has 0 unspecified atom stereocenters. The molecule has 1 aliphatic heterocycles. The van der Waals surface area contributed by atoms with E-state index >= 15 is 0 Å². The fourth-order valence-electron chi connectivity index (χ4n) is 1.65. The summed E-state index contributed by atoms with van der Waals surface area (Å²) in [7, 11) is 0. The standard InChI is InChI=1S/C13H11ClFN7O2/c14-6-1-2-8(21-18)9(3-6)22-24-13(23)10(11(16)17)12-19-4-7(15)5-20-12/h1-5,18-19,22H,(H3,16,17)/b12-10-,21-18?. The van der Waals surface area contributed by atoms with Crippen LogP contribution >= 0.6 is 11.6 Å². The van der Waals surface area contributed by atoms with Gasteiger partial charge in [-0.1, -0.05) is 11.6 Å². The van der Waals surface area contributed by atoms with Gasteiger partial charge in [0.1, 0.15) is 28.6 Å². The van der Waals surface area contributed by atoms with E-state index in [2.05, 4.69) is 20.9 Å². The predicted molar refractivity (Wildman–Crippen MR) is 85.7 cm³/mol. The van der Waals surface area contributed by atoms with Crippen LogP contribution in [0.2, 0.25) is 5.02 Å². The molecule has 24 heavy (non-hydrogen) atoms. The number of carbonyl (C=O) groups is 1. The molecule has 0 saturated carbocycles. The number of allylic oxidation sites excluding steroid dienone is 1. The van der Waals surface area contributed by atoms with Gasteiger partial charge in [-0.05, 0) is 18.2 Å². The van der Waals surface area contributed by atoms with E-state index < -0.39 is 23.2 Å². The molecule has 1 heterocycles. The molecule has 11 heteroatoms. The highest BCUT2D eigenvalue weighted by molar-refractivity contribution is 6.31. The first-order chi connectivity index (χ1) is 11.4. The van der Waals surface area contributed by atoms with Gasteiger partial charge < -0.3 is 15.9 Å². The number of anilines is 1. The molecule has 6 N–H and O–H groups in total. The second-order valence-corrected chi connectivity index (χ2v) is 4.77. The van der Waals surface area contributed by atoms with E-state index in [1.165, 1.54) is 18.2 Å². The van der Waals surface area contributed by atoms with Crippen molar-refractivity contribution in [3.05, 3.63) is 46.6 Å². The SMILES string of the molecule is N=Nc1ccc(Cl)cc1NOC(=O)/C(C(=N)N)=C1\N=CC(F)=CN1. The molecule has 1 aromatic rings. The van der Waals surface area contributed by atoms with Crippen LogP contribution in [-0.4, -0.2) is 18.0 Å². The van der Waals surface area contributed by atoms with Gasteiger partial charge in [-0.25, -0.2) is 25.2 Å². The highest BCUT2D eigenvalue weighted by Gasteiger charge is 2.22. The van der Waals surface area contributed by atoms with Crippen molar-refractivity contribution in [3.8, 4) is 0 Å². The molecule has 0 fully saturated rings. The van der Waals surface area contributed by atoms with Gasteiger partial charge in [-0.2, -0.15) is 5.11 Å². The number of aliphatic imine (C=N–C) groups is 1. The summed E-state index contributed by atoms with van der Waals surface area (Å²) in [5, 5.41) is 13.4. The Bertz CT molecular complexity index is 804. The zero-order valence-corrected chi connectivity index (χ0v) is 12.7. The van der Waals surface area contributed by atoms with Crippen molar-refractivity contribution in [1.82, 2.24) is 5.32 Å². The van der Waals surface area contributed by atoms with E-state index in [4.69, 9.17) is 33.1 Å². The lowest BCUT2D eigenvalue weighted by molar-refractivity contribution is -0.135. The van der Waals surface area contributed by atoms with Crippen LogP contribution in [0.4, 0.5) is 15.8 Å². The second kappa shape index (κ2) is 7.33. The van der Waals surface area contributed by atoms with Crippen LogP contribution in [0, 0.1) is 10.9 Å². The highest BCUT2D eigenvalue weighted by atomic mass is 35.5. The largest absolute Gasteiger partial charge is 0.383 e. The number of benzene rings is 1. The zero-order valence-electron chi connectivity index (χ0n) is 11.9. The maximum Gasteiger partial charge on any atom is 0.370 e. The molecular formula is C13H11ClFN7O2. The van der Waals surface area contributed by atoms with E-state index in [9.17, 15) is 9.18 Å². The first kappa shape index (κ1) is 17.1. The maximum absolute atomic E-state index is 12.9. The molecule has 9 nitrogen and oxygen atoms in total. The normalized spacial score (nSPS) is 15.0. The Balaban J connectivity index is 2.20. The van der Waals surface area contributed by atoms with Crippen LogP contribution in [0.1, 0.15) is 0 Å². The van der Waals surface area contributed by atoms with Crippen LogP contribution in [0.5, 0.6) is 0 Å². The van der Waals surface area contributed by atoms with Crippen molar-refractivity contribution >= 4 is 41.0 Å². The van der Waals surface area contributed by atoms with Gasteiger partial charge in [0.15, 0.2) is 5.83 Å². The minimum absolute atomic E-state index is 0.146. The van der Waals surface area contributed by atoms with Gasteiger partial charge in [0, 0.05) is 11.2 Å². The number of nitrogens with one attached hydrogen (secondary N) is 4. The summed E-state index contributed by atoms with van der Waals surface area (Å²) in [5.41, 5.74) is 14.6. The Labute approximate surface area is 140 Å². The molecule has 124 valence electrons. The number of amidine groups is 1. The Morgan fingerprint density at radius 1 is 1.50 bits per heavy atom. The number of hydrogen-bond acceptors (Lipinski definition) is 8. The summed E-state index contributed by atoms with van der Waals surface area (Å²) in [6.07, 6.45) is 1.80. The van der Waals surface area contributed by atoms with Crippen molar-refractivity contribution < 1.29 is 14.0 Å². The number of hydrogen-bond donors (Lipinski definition) is 5. The number of rotatable bonds is 5. The molecule has 0 radical (unpaired) electrons. The molecule has 0 spiro atoms. The summed E-state index contributed by atoms with van der Waals surface area (Å²) in [5.74, 6) is -2.48. The third kappa shape index (κ3) is 3.93. The summed E-state index contributed by atoms with van der Waals surface area (Å²) in [4.78, 5) is 20.6. The summed E-state index contributed by atoms with van der Waals surface area (Å²) >= 11 is 5.82. The van der Waals surface area contributed by atoms with Crippen LogP contribution in [0.15, 0.2) is 51.7 Å². The lowest BCUT2D eigenvalue weighted by Crippen LogP contribution is -2.28. The van der Waals surface area contributed by atoms with Crippen molar-refractivity contribution in [2.75, 3.05) is 5.48 Å². The summed E-state index contributed by atoms with van der Waals surface area (Å²) in [6.45, 7) is 0. The molecular weight excluding hydrogens is 341 g/mol. The van der Waals surface area contributed by atoms with Gasteiger partial charge in [0.05, 0.1) is 6.21 Å². The van der Waals surface area contributed by atoms with E-state index in [-0.39, 0.29) is 17.2 Å². The van der Waals surface area contributed by atoms with E-state index in [1.54, 1.807) is 0 Å². The first-order valence-corrected chi connectivity index (χ1v) is 6.69. The number of halogens is 2. The molecule has 0 bridgehead atoms. The molecule has 0 amide bonds. The highest BCUT2D eigenvalue weighted by Crippen LogP contribution is 2.28. The molecule has 1 aliphatic rings. The fraction of sp³-hybridized carbons (Fsp3) is 0. The van der Waals surface area contributed by atoms with E-state index in [0.717, 1.165) is 12.4 Å². The monoisotopic (exact) mass is 351 g/mol. The van der Waals surface area contributed by atoms with Crippen molar-refractivity contribution in [1.29, 1.82) is 10.9 Å². The summed E-state index contributed by atoms with van der Waals surface area (Å²) < 4.78 is 12.9. The third-order valence-corrected chi connectivity index (χ3v) is 2.94. The van der Waals surface area contributed by atoms with Gasteiger partial charge >= 0.3 is 5.97 Å². The molecule has 0 aromatic heterocycles. The quantitative estimate of drug-likeness (QED) is 0.182. The average Bonchev–Trinajstić information content (AvgIpc) is 2.55. The van der Waals surface area contributed by atoms with Crippen LogP contribution in [0.3, 0.4) is 0 Å². The molecule has 0 saturated heterocycles. The lowest BCUT2D eigenvalue weighted by atomic mass is 10.2. The molecule has 1 aromatic carbocycles. The van der Waals surface area contributed by atoms with Crippen LogP contribution < -0.4 is 16.5 Å². The van der Waals surface area contributed by atoms with Crippen molar-refractivity contribution in [2.45, 2.75) is 0 Å². The van der Waals surface area contributed by atoms with Gasteiger partial charge in [-0.15, -0.1) is 0 Å². The minimum Gasteiger partial charge on any atom is -0.383 e. The predicted octanol–water partition coefficient (Wildman–Crippen LogP) is 2.51. The van der Waals surface area contributed by atoms with Crippen molar-refractivity contribution in [2.24, 2.45) is 15.8 Å². The minimum atomic E-state index is -1.05. The lowest BCUT2D eigenvalue weighted by Gasteiger charge is -2.13. The Kier molecular flexibility index (Phi) is 5.22. The molecule has 0 aliphatic carbocycles. The number of nitrogens with zero attached hydrogens (tertiary/aromatic N) is 2. The van der Waals surface area contributed by atoms with Crippen molar-refractivity contribution in [3.63, 3.8) is 0 Å². The van der Waals surface area contributed by atoms with Crippen LogP contribution in [-0.2, 0) is 9.63 Å². The smallest absolute Gasteiger partial charge is 0.370 e. The Morgan fingerprint density at radius 2 is 2.25 bits per heavy atom. The topological polar surface area (TPSA) is 149 Å². The Morgan fingerprint density at radius 3 is 2.83 bits per heavy atom. The van der Waals surface area contributed by atoms with Gasteiger partial charge in [0.25, 0.3) is 0 Å². The third-order valence-electron chi connectivity index (χ3n) is 2.71. The van der Waals surface area contributed by atoms with E-state index in [1.807, 2.05) is 0 Å². The Hall–Kier alpha value is -3.27. The first-order valence-electron chi connectivity index (χ1n) is 6.31. The molecule has 0 atom stereocenters. The summed E-state index contributed by atoms with van der Waals surface area (Å²) in [6, 6.07) is 4.33. The number of nitrogens with two attached hydrogens (primary N) is 1. The van der Waals surface area contributed by atoms with Gasteiger partial charge in [-0.3, -0.25) is 5.41 Å². The van der Waals surface area contributed by atoms with E-state index in [0.29, 0.717) is 5.02 Å². The average molecular weight is 352 g/mol. The maximum atomic E-state index is 12.9. The molecule has 2 rings (SSSR count). The number of carbonyl (C=O) groups excluding carboxylic acids is 1. The fourth-order valence-corrected chi connectivity index (χ4v) is 1.82. The van der Waals surface area contributed by atoms with Crippen LogP contribution in [0.25, 0.3) is 0 Å². The zero-order chi connectivity index (χ0) is 17.7.